The van der Waals surface area contributed by atoms with Crippen molar-refractivity contribution in [3.8, 4) is 0 Å². The third-order valence-electron chi connectivity index (χ3n) is 4.07. The lowest BCUT2D eigenvalue weighted by Crippen LogP contribution is -2.49. The van der Waals surface area contributed by atoms with Gasteiger partial charge in [0.2, 0.25) is 0 Å². The molecule has 1 saturated heterocycles. The summed E-state index contributed by atoms with van der Waals surface area (Å²) in [5.74, 6) is 0.808. The second-order valence-electron chi connectivity index (χ2n) is 6.16. The Labute approximate surface area is 149 Å². The van der Waals surface area contributed by atoms with E-state index < -0.39 is 0 Å². The number of nitrogens with zero attached hydrogens (tertiary/aromatic N) is 2. The van der Waals surface area contributed by atoms with E-state index in [-0.39, 0.29) is 12.1 Å². The van der Waals surface area contributed by atoms with E-state index >= 15 is 0 Å². The summed E-state index contributed by atoms with van der Waals surface area (Å²) in [6, 6.07) is 4.86. The first-order chi connectivity index (χ1) is 11.6. The van der Waals surface area contributed by atoms with Gasteiger partial charge in [0, 0.05) is 44.7 Å². The first-order valence-electron chi connectivity index (χ1n) is 8.49. The minimum absolute atomic E-state index is 0.213. The normalized spacial score (nSPS) is 22.2. The van der Waals surface area contributed by atoms with Crippen LogP contribution in [0.3, 0.4) is 0 Å². The molecule has 0 amide bonds. The summed E-state index contributed by atoms with van der Waals surface area (Å²) in [6.07, 6.45) is 0.278. The molecule has 136 valence electrons. The molecule has 1 aliphatic heterocycles. The van der Waals surface area contributed by atoms with Crippen LogP contribution >= 0.6 is 11.3 Å². The van der Waals surface area contributed by atoms with Gasteiger partial charge in [-0.25, -0.2) is 0 Å². The molecule has 0 radical (unpaired) electrons. The van der Waals surface area contributed by atoms with Gasteiger partial charge in [0.25, 0.3) is 0 Å². The van der Waals surface area contributed by atoms with E-state index in [1.165, 1.54) is 4.88 Å². The predicted octanol–water partition coefficient (Wildman–Crippen LogP) is 1.71. The highest BCUT2D eigenvalue weighted by Gasteiger charge is 2.26. The Morgan fingerprint density at radius 2 is 2.42 bits per heavy atom. The van der Waals surface area contributed by atoms with Crippen LogP contribution in [-0.2, 0) is 9.47 Å². The van der Waals surface area contributed by atoms with Gasteiger partial charge in [-0.1, -0.05) is 6.07 Å². The second-order valence-corrected chi connectivity index (χ2v) is 7.14. The highest BCUT2D eigenvalue weighted by molar-refractivity contribution is 7.10. The van der Waals surface area contributed by atoms with Gasteiger partial charge >= 0.3 is 0 Å². The molecule has 0 saturated carbocycles. The Morgan fingerprint density at radius 3 is 3.04 bits per heavy atom. The number of nitrogens with one attached hydrogen (secondary N) is 2. The van der Waals surface area contributed by atoms with Gasteiger partial charge in [-0.05, 0) is 25.3 Å². The molecule has 0 bridgehead atoms. The quantitative estimate of drug-likeness (QED) is 0.577. The lowest BCUT2D eigenvalue weighted by Gasteiger charge is -2.37. The summed E-state index contributed by atoms with van der Waals surface area (Å²) in [6.45, 7) is 8.38. The fourth-order valence-electron chi connectivity index (χ4n) is 2.93. The topological polar surface area (TPSA) is 58.1 Å². The molecule has 1 fully saturated rings. The van der Waals surface area contributed by atoms with E-state index in [1.807, 2.05) is 0 Å². The summed E-state index contributed by atoms with van der Waals surface area (Å²) in [5, 5.41) is 8.96. The lowest BCUT2D eigenvalue weighted by atomic mass is 10.1. The van der Waals surface area contributed by atoms with Crippen LogP contribution in [0, 0.1) is 0 Å². The Hall–Kier alpha value is -1.15. The number of rotatable bonds is 7. The van der Waals surface area contributed by atoms with Crippen molar-refractivity contribution in [2.45, 2.75) is 32.0 Å². The fraction of sp³-hybridized carbons (Fsp3) is 0.706. The second kappa shape index (κ2) is 9.98. The van der Waals surface area contributed by atoms with Crippen molar-refractivity contribution >= 4 is 17.3 Å². The van der Waals surface area contributed by atoms with E-state index in [4.69, 9.17) is 9.47 Å². The summed E-state index contributed by atoms with van der Waals surface area (Å²) < 4.78 is 10.9. The summed E-state index contributed by atoms with van der Waals surface area (Å²) in [5.41, 5.74) is 0. The minimum atomic E-state index is 0.213. The SMILES string of the molecule is CN=C(NCC(c1cccs1)N1CCOC(C)C1)NC(C)COC. The van der Waals surface area contributed by atoms with Crippen LogP contribution in [0.15, 0.2) is 22.5 Å². The van der Waals surface area contributed by atoms with E-state index in [0.29, 0.717) is 12.6 Å². The standard InChI is InChI=1S/C17H30N4O2S/c1-13(12-22-4)20-17(18-3)19-10-15(16-6-5-9-24-16)21-7-8-23-14(2)11-21/h5-6,9,13-15H,7-8,10-12H2,1-4H3,(H2,18,19,20). The van der Waals surface area contributed by atoms with Crippen molar-refractivity contribution in [1.29, 1.82) is 0 Å². The minimum Gasteiger partial charge on any atom is -0.383 e. The van der Waals surface area contributed by atoms with Crippen LogP contribution in [0.5, 0.6) is 0 Å². The molecule has 2 heterocycles. The molecule has 0 aliphatic carbocycles. The summed E-state index contributed by atoms with van der Waals surface area (Å²) in [4.78, 5) is 8.19. The molecule has 0 aromatic carbocycles. The average Bonchev–Trinajstić information content (AvgIpc) is 3.08. The Balaban J connectivity index is 1.98. The number of ether oxygens (including phenoxy) is 2. The van der Waals surface area contributed by atoms with Gasteiger partial charge in [0.15, 0.2) is 5.96 Å². The molecule has 2 rings (SSSR count). The van der Waals surface area contributed by atoms with Gasteiger partial charge in [-0.15, -0.1) is 11.3 Å². The van der Waals surface area contributed by atoms with Crippen LogP contribution < -0.4 is 10.6 Å². The molecule has 7 heteroatoms. The molecule has 3 atom stereocenters. The third kappa shape index (κ3) is 5.73. The highest BCUT2D eigenvalue weighted by atomic mass is 32.1. The molecule has 24 heavy (non-hydrogen) atoms. The van der Waals surface area contributed by atoms with Crippen molar-refractivity contribution in [3.63, 3.8) is 0 Å². The molecule has 1 aromatic rings. The molecule has 0 spiro atoms. The number of hydrogen-bond donors (Lipinski definition) is 2. The Kier molecular flexibility index (Phi) is 7.98. The van der Waals surface area contributed by atoms with Crippen LogP contribution in [0.1, 0.15) is 24.8 Å². The largest absolute Gasteiger partial charge is 0.383 e. The van der Waals surface area contributed by atoms with Gasteiger partial charge in [0.1, 0.15) is 0 Å². The van der Waals surface area contributed by atoms with E-state index in [0.717, 1.165) is 32.2 Å². The zero-order valence-electron chi connectivity index (χ0n) is 15.1. The number of methoxy groups -OCH3 is 1. The van der Waals surface area contributed by atoms with E-state index in [2.05, 4.69) is 51.9 Å². The highest BCUT2D eigenvalue weighted by Crippen LogP contribution is 2.26. The Bertz CT molecular complexity index is 495. The first-order valence-corrected chi connectivity index (χ1v) is 9.37. The van der Waals surface area contributed by atoms with Gasteiger partial charge in [0.05, 0.1) is 25.4 Å². The molecule has 2 N–H and O–H groups in total. The lowest BCUT2D eigenvalue weighted by molar-refractivity contribution is -0.0334. The predicted molar refractivity (Wildman–Crippen MR) is 99.9 cm³/mol. The fourth-order valence-corrected chi connectivity index (χ4v) is 3.79. The smallest absolute Gasteiger partial charge is 0.191 e. The van der Waals surface area contributed by atoms with Crippen LogP contribution in [-0.4, -0.2) is 70.0 Å². The average molecular weight is 355 g/mol. The van der Waals surface area contributed by atoms with Crippen molar-refractivity contribution < 1.29 is 9.47 Å². The van der Waals surface area contributed by atoms with E-state index in [1.54, 1.807) is 25.5 Å². The summed E-state index contributed by atoms with van der Waals surface area (Å²) in [7, 11) is 3.51. The van der Waals surface area contributed by atoms with Crippen LogP contribution in [0.25, 0.3) is 0 Å². The third-order valence-corrected chi connectivity index (χ3v) is 5.04. The monoisotopic (exact) mass is 354 g/mol. The van der Waals surface area contributed by atoms with Crippen molar-refractivity contribution in [2.75, 3.05) is 47.0 Å². The maximum absolute atomic E-state index is 5.69. The number of thiophene rings is 1. The zero-order chi connectivity index (χ0) is 17.4. The number of aliphatic imine (C=N–C) groups is 1. The number of hydrogen-bond acceptors (Lipinski definition) is 5. The van der Waals surface area contributed by atoms with Crippen molar-refractivity contribution in [1.82, 2.24) is 15.5 Å². The van der Waals surface area contributed by atoms with Crippen molar-refractivity contribution in [2.24, 2.45) is 4.99 Å². The van der Waals surface area contributed by atoms with Gasteiger partial charge in [-0.2, -0.15) is 0 Å². The van der Waals surface area contributed by atoms with Crippen LogP contribution in [0.2, 0.25) is 0 Å². The molecule has 6 nitrogen and oxygen atoms in total. The maximum Gasteiger partial charge on any atom is 0.191 e. The molecule has 3 unspecified atom stereocenters. The molecular formula is C17H30N4O2S. The molecule has 1 aliphatic rings. The number of guanidine groups is 1. The molecule has 1 aromatic heterocycles. The van der Waals surface area contributed by atoms with Crippen molar-refractivity contribution in [3.05, 3.63) is 22.4 Å². The van der Waals surface area contributed by atoms with E-state index in [9.17, 15) is 0 Å². The first kappa shape index (κ1) is 19.2. The Morgan fingerprint density at radius 1 is 1.58 bits per heavy atom. The number of morpholine rings is 1. The summed E-state index contributed by atoms with van der Waals surface area (Å²) >= 11 is 1.80. The van der Waals surface area contributed by atoms with Gasteiger partial charge < -0.3 is 20.1 Å². The maximum atomic E-state index is 5.69. The molecular weight excluding hydrogens is 324 g/mol. The zero-order valence-corrected chi connectivity index (χ0v) is 15.9. The van der Waals surface area contributed by atoms with Gasteiger partial charge in [-0.3, -0.25) is 9.89 Å². The van der Waals surface area contributed by atoms with Crippen LogP contribution in [0.4, 0.5) is 0 Å².